The van der Waals surface area contributed by atoms with E-state index in [1.165, 1.54) is 0 Å². The Morgan fingerprint density at radius 1 is 1.17 bits per heavy atom. The van der Waals surface area contributed by atoms with Crippen molar-refractivity contribution >= 4 is 17.5 Å². The van der Waals surface area contributed by atoms with Gasteiger partial charge in [0.05, 0.1) is 26.4 Å². The average molecular weight is 279 g/mol. The minimum atomic E-state index is -1.34. The number of anilines is 1. The number of hydrogen-bond acceptors (Lipinski definition) is 8. The van der Waals surface area contributed by atoms with E-state index in [0.717, 1.165) is 0 Å². The molecule has 102 valence electrons. The van der Waals surface area contributed by atoms with E-state index in [0.29, 0.717) is 6.61 Å². The molecule has 0 saturated carbocycles. The summed E-state index contributed by atoms with van der Waals surface area (Å²) in [7, 11) is 0. The highest BCUT2D eigenvalue weighted by molar-refractivity contribution is 6.28. The molecule has 0 atom stereocenters. The van der Waals surface area contributed by atoms with E-state index in [2.05, 4.69) is 20.3 Å². The van der Waals surface area contributed by atoms with Crippen molar-refractivity contribution in [3.63, 3.8) is 0 Å². The van der Waals surface area contributed by atoms with E-state index >= 15 is 0 Å². The Kier molecular flexibility index (Phi) is 5.48. The molecule has 4 N–H and O–H groups in total. The highest BCUT2D eigenvalue weighted by Crippen LogP contribution is 2.15. The second-order valence-corrected chi connectivity index (χ2v) is 3.86. The molecule has 8 nitrogen and oxygen atoms in total. The molecule has 0 saturated heterocycles. The van der Waals surface area contributed by atoms with Gasteiger partial charge in [0, 0.05) is 0 Å². The number of nitrogens with zero attached hydrogens (tertiary/aromatic N) is 3. The van der Waals surface area contributed by atoms with Crippen LogP contribution in [-0.4, -0.2) is 62.2 Å². The zero-order valence-electron chi connectivity index (χ0n) is 9.80. The zero-order valence-corrected chi connectivity index (χ0v) is 10.6. The molecule has 1 heterocycles. The summed E-state index contributed by atoms with van der Waals surface area (Å²) in [5, 5.41) is 30.0. The first kappa shape index (κ1) is 14.8. The third kappa shape index (κ3) is 3.64. The minimum Gasteiger partial charge on any atom is -0.464 e. The predicted octanol–water partition coefficient (Wildman–Crippen LogP) is -0.949. The Bertz CT molecular complexity index is 381. The molecule has 0 aliphatic carbocycles. The van der Waals surface area contributed by atoms with Crippen molar-refractivity contribution in [3.05, 3.63) is 5.28 Å². The molecule has 1 aromatic rings. The smallest absolute Gasteiger partial charge is 0.322 e. The van der Waals surface area contributed by atoms with E-state index < -0.39 is 25.4 Å². The van der Waals surface area contributed by atoms with Crippen LogP contribution in [0.3, 0.4) is 0 Å². The summed E-state index contributed by atoms with van der Waals surface area (Å²) in [5.74, 6) is -0.00407. The van der Waals surface area contributed by atoms with Crippen LogP contribution in [0.2, 0.25) is 5.28 Å². The van der Waals surface area contributed by atoms with Crippen molar-refractivity contribution in [1.82, 2.24) is 15.0 Å². The number of nitrogens with one attached hydrogen (secondary N) is 1. The van der Waals surface area contributed by atoms with Crippen LogP contribution in [0.4, 0.5) is 5.95 Å². The average Bonchev–Trinajstić information content (AvgIpc) is 2.36. The van der Waals surface area contributed by atoms with E-state index in [1.807, 2.05) is 0 Å². The first-order valence-electron chi connectivity index (χ1n) is 5.24. The molecule has 0 aromatic carbocycles. The molecule has 0 aliphatic rings. The minimum absolute atomic E-state index is 0.00407. The molecule has 0 fully saturated rings. The first-order valence-corrected chi connectivity index (χ1v) is 5.62. The van der Waals surface area contributed by atoms with Gasteiger partial charge in [-0.15, -0.1) is 0 Å². The quantitative estimate of drug-likeness (QED) is 0.504. The third-order valence-electron chi connectivity index (χ3n) is 2.15. The largest absolute Gasteiger partial charge is 0.464 e. The topological polar surface area (TPSA) is 121 Å². The van der Waals surface area contributed by atoms with Crippen molar-refractivity contribution in [1.29, 1.82) is 0 Å². The number of rotatable bonds is 7. The van der Waals surface area contributed by atoms with Crippen LogP contribution in [0.25, 0.3) is 0 Å². The predicted molar refractivity (Wildman–Crippen MR) is 63.6 cm³/mol. The van der Waals surface area contributed by atoms with Gasteiger partial charge >= 0.3 is 6.01 Å². The van der Waals surface area contributed by atoms with Crippen LogP contribution in [0, 0.1) is 0 Å². The summed E-state index contributed by atoms with van der Waals surface area (Å²) in [6.45, 7) is 0.586. The SMILES string of the molecule is CCOc1nc(Cl)nc(NC(CO)(CO)CO)n1. The second-order valence-electron chi connectivity index (χ2n) is 3.52. The zero-order chi connectivity index (χ0) is 13.6. The maximum atomic E-state index is 9.16. The van der Waals surface area contributed by atoms with E-state index in [9.17, 15) is 0 Å². The number of ether oxygens (including phenoxy) is 1. The molecular weight excluding hydrogens is 264 g/mol. The van der Waals surface area contributed by atoms with Crippen molar-refractivity contribution in [2.24, 2.45) is 0 Å². The maximum Gasteiger partial charge on any atom is 0.322 e. The third-order valence-corrected chi connectivity index (χ3v) is 2.32. The summed E-state index contributed by atoms with van der Waals surface area (Å²) in [6, 6.07) is 0.0164. The van der Waals surface area contributed by atoms with Gasteiger partial charge in [0.15, 0.2) is 0 Å². The maximum absolute atomic E-state index is 9.16. The summed E-state index contributed by atoms with van der Waals surface area (Å²) >= 11 is 5.67. The van der Waals surface area contributed by atoms with Gasteiger partial charge in [-0.3, -0.25) is 0 Å². The molecule has 1 aromatic heterocycles. The molecule has 0 aliphatic heterocycles. The first-order chi connectivity index (χ1) is 8.59. The van der Waals surface area contributed by atoms with Gasteiger partial charge < -0.3 is 25.4 Å². The van der Waals surface area contributed by atoms with Gasteiger partial charge in [0.2, 0.25) is 11.2 Å². The lowest BCUT2D eigenvalue weighted by Gasteiger charge is -2.28. The Hall–Kier alpha value is -1.22. The van der Waals surface area contributed by atoms with E-state index in [-0.39, 0.29) is 17.2 Å². The fraction of sp³-hybridized carbons (Fsp3) is 0.667. The lowest BCUT2D eigenvalue weighted by molar-refractivity contribution is 0.0827. The molecule has 0 amide bonds. The van der Waals surface area contributed by atoms with Gasteiger partial charge in [0.1, 0.15) is 5.54 Å². The summed E-state index contributed by atoms with van der Waals surface area (Å²) in [6.07, 6.45) is 0. The van der Waals surface area contributed by atoms with Crippen molar-refractivity contribution < 1.29 is 20.1 Å². The summed E-state index contributed by atoms with van der Waals surface area (Å²) in [5.41, 5.74) is -1.34. The Morgan fingerprint density at radius 3 is 2.28 bits per heavy atom. The number of halogens is 1. The molecule has 9 heteroatoms. The highest BCUT2D eigenvalue weighted by Gasteiger charge is 2.29. The molecule has 18 heavy (non-hydrogen) atoms. The fourth-order valence-electron chi connectivity index (χ4n) is 1.09. The summed E-state index contributed by atoms with van der Waals surface area (Å²) in [4.78, 5) is 11.4. The lowest BCUT2D eigenvalue weighted by atomic mass is 10.0. The van der Waals surface area contributed by atoms with Gasteiger partial charge in [-0.2, -0.15) is 15.0 Å². The molecule has 0 unspecified atom stereocenters. The van der Waals surface area contributed by atoms with Gasteiger partial charge in [-0.05, 0) is 18.5 Å². The summed E-state index contributed by atoms with van der Waals surface area (Å²) < 4.78 is 5.07. The fourth-order valence-corrected chi connectivity index (χ4v) is 1.24. The van der Waals surface area contributed by atoms with Crippen molar-refractivity contribution in [3.8, 4) is 6.01 Å². The van der Waals surface area contributed by atoms with Crippen LogP contribution in [0.5, 0.6) is 6.01 Å². The van der Waals surface area contributed by atoms with Gasteiger partial charge in [0.25, 0.3) is 0 Å². The number of aromatic nitrogens is 3. The number of hydrogen-bond donors (Lipinski definition) is 4. The Labute approximate surface area is 109 Å². The number of aliphatic hydroxyl groups excluding tert-OH is 3. The number of aliphatic hydroxyl groups is 3. The van der Waals surface area contributed by atoms with Crippen molar-refractivity contribution in [2.75, 3.05) is 31.7 Å². The Balaban J connectivity index is 2.95. The van der Waals surface area contributed by atoms with E-state index in [4.69, 9.17) is 31.7 Å². The highest BCUT2D eigenvalue weighted by atomic mass is 35.5. The monoisotopic (exact) mass is 278 g/mol. The van der Waals surface area contributed by atoms with Crippen LogP contribution < -0.4 is 10.1 Å². The van der Waals surface area contributed by atoms with Crippen LogP contribution in [0.1, 0.15) is 6.92 Å². The van der Waals surface area contributed by atoms with Crippen LogP contribution in [0.15, 0.2) is 0 Å². The normalized spacial score (nSPS) is 11.4. The van der Waals surface area contributed by atoms with Crippen LogP contribution >= 0.6 is 11.6 Å². The van der Waals surface area contributed by atoms with E-state index in [1.54, 1.807) is 6.92 Å². The van der Waals surface area contributed by atoms with Gasteiger partial charge in [-0.1, -0.05) is 0 Å². The molecule has 0 bridgehead atoms. The van der Waals surface area contributed by atoms with Crippen molar-refractivity contribution in [2.45, 2.75) is 12.5 Å². The molecule has 1 rings (SSSR count). The lowest BCUT2D eigenvalue weighted by Crippen LogP contribution is -2.49. The molecule has 0 radical (unpaired) electrons. The molecular formula is C9H15ClN4O4. The standard InChI is InChI=1S/C9H15ClN4O4/c1-2-18-8-12-6(10)11-7(13-8)14-9(3-15,4-16)5-17/h15-17H,2-5H2,1H3,(H,11,12,13,14). The molecule has 0 spiro atoms. The Morgan fingerprint density at radius 2 is 1.78 bits per heavy atom. The van der Waals surface area contributed by atoms with Gasteiger partial charge in [-0.25, -0.2) is 0 Å². The second kappa shape index (κ2) is 6.64. The van der Waals surface area contributed by atoms with Crippen LogP contribution in [-0.2, 0) is 0 Å².